The van der Waals surface area contributed by atoms with Crippen molar-refractivity contribution in [1.82, 2.24) is 9.55 Å². The van der Waals surface area contributed by atoms with Crippen molar-refractivity contribution >= 4 is 11.8 Å². The lowest BCUT2D eigenvalue weighted by Gasteiger charge is -1.97. The van der Waals surface area contributed by atoms with Gasteiger partial charge in [0.2, 0.25) is 0 Å². The van der Waals surface area contributed by atoms with Crippen LogP contribution < -0.4 is 5.11 Å². The van der Waals surface area contributed by atoms with Gasteiger partial charge in [-0.3, -0.25) is 0 Å². The van der Waals surface area contributed by atoms with E-state index in [0.29, 0.717) is 0 Å². The summed E-state index contributed by atoms with van der Waals surface area (Å²) >= 11 is 0. The van der Waals surface area contributed by atoms with Crippen molar-refractivity contribution in [1.29, 1.82) is 0 Å². The summed E-state index contributed by atoms with van der Waals surface area (Å²) in [5.74, 6) is -2.43. The highest BCUT2D eigenvalue weighted by Crippen LogP contribution is 2.16. The number of rotatable bonds is 2. The van der Waals surface area contributed by atoms with Gasteiger partial charge in [0, 0.05) is 7.05 Å². The standard InChI is InChI=1S/C6H7N3O4/c1-3-4(9(12)13)7-5(6(10)11)8(3)2/h1-2H3,(H,10,11)/p-1. The highest BCUT2D eigenvalue weighted by molar-refractivity contribution is 5.82. The average Bonchev–Trinajstić information content (AvgIpc) is 2.29. The summed E-state index contributed by atoms with van der Waals surface area (Å²) in [7, 11) is 1.38. The maximum absolute atomic E-state index is 10.4. The molecule has 0 aliphatic carbocycles. The van der Waals surface area contributed by atoms with Crippen LogP contribution >= 0.6 is 0 Å². The monoisotopic (exact) mass is 184 g/mol. The van der Waals surface area contributed by atoms with Crippen LogP contribution in [-0.4, -0.2) is 20.4 Å². The normalized spacial score (nSPS) is 10.0. The summed E-state index contributed by atoms with van der Waals surface area (Å²) < 4.78 is 1.10. The van der Waals surface area contributed by atoms with Gasteiger partial charge in [-0.15, -0.1) is 0 Å². The van der Waals surface area contributed by atoms with E-state index < -0.39 is 22.5 Å². The van der Waals surface area contributed by atoms with Crippen LogP contribution in [0, 0.1) is 17.0 Å². The maximum Gasteiger partial charge on any atom is 0.385 e. The molecule has 0 bridgehead atoms. The van der Waals surface area contributed by atoms with Crippen molar-refractivity contribution < 1.29 is 14.8 Å². The Bertz CT molecular complexity index is 347. The second-order valence-electron chi connectivity index (χ2n) is 2.45. The molecule has 13 heavy (non-hydrogen) atoms. The van der Waals surface area contributed by atoms with Crippen LogP contribution in [0.25, 0.3) is 0 Å². The van der Waals surface area contributed by atoms with Gasteiger partial charge in [0.25, 0.3) is 5.82 Å². The minimum absolute atomic E-state index is 0.184. The molecule has 0 fully saturated rings. The molecule has 0 saturated heterocycles. The van der Waals surface area contributed by atoms with Crippen LogP contribution in [0.1, 0.15) is 16.3 Å². The number of hydrogen-bond acceptors (Lipinski definition) is 5. The number of nitro groups is 1. The van der Waals surface area contributed by atoms with Crippen molar-refractivity contribution in [3.8, 4) is 0 Å². The lowest BCUT2D eigenvalue weighted by molar-refractivity contribution is -0.390. The van der Waals surface area contributed by atoms with E-state index in [1.54, 1.807) is 0 Å². The molecule has 7 heteroatoms. The van der Waals surface area contributed by atoms with Gasteiger partial charge in [0.1, 0.15) is 11.7 Å². The average molecular weight is 184 g/mol. The SMILES string of the molecule is Cc1c([N+](=O)[O-])nc(C(=O)[O-])n1C. The van der Waals surface area contributed by atoms with Gasteiger partial charge in [-0.05, 0) is 16.8 Å². The fraction of sp³-hybridized carbons (Fsp3) is 0.333. The van der Waals surface area contributed by atoms with E-state index in [1.807, 2.05) is 0 Å². The predicted molar refractivity (Wildman–Crippen MR) is 38.9 cm³/mol. The Hall–Kier alpha value is -1.92. The number of carboxylic acid groups (broad SMARTS) is 1. The van der Waals surface area contributed by atoms with E-state index in [1.165, 1.54) is 14.0 Å². The molecular weight excluding hydrogens is 178 g/mol. The Morgan fingerprint density at radius 1 is 1.62 bits per heavy atom. The molecule has 0 aromatic carbocycles. The number of carbonyl (C=O) groups is 1. The fourth-order valence-corrected chi connectivity index (χ4v) is 0.921. The molecular formula is C6H6N3O4-. The predicted octanol–water partition coefficient (Wildman–Crippen LogP) is -1.000. The largest absolute Gasteiger partial charge is 0.540 e. The van der Waals surface area contributed by atoms with Crippen molar-refractivity contribution in [2.75, 3.05) is 0 Å². The lowest BCUT2D eigenvalue weighted by atomic mass is 10.5. The minimum atomic E-state index is -1.53. The van der Waals surface area contributed by atoms with Crippen molar-refractivity contribution in [2.45, 2.75) is 6.92 Å². The summed E-state index contributed by atoms with van der Waals surface area (Å²) in [6.45, 7) is 1.41. The van der Waals surface area contributed by atoms with Crippen molar-refractivity contribution in [3.05, 3.63) is 21.6 Å². The van der Waals surface area contributed by atoms with E-state index in [0.717, 1.165) is 4.57 Å². The highest BCUT2D eigenvalue weighted by Gasteiger charge is 2.22. The quantitative estimate of drug-likeness (QED) is 0.433. The van der Waals surface area contributed by atoms with Crippen LogP contribution in [0.3, 0.4) is 0 Å². The molecule has 7 nitrogen and oxygen atoms in total. The topological polar surface area (TPSA) is 101 Å². The fourth-order valence-electron chi connectivity index (χ4n) is 0.921. The first-order valence-electron chi connectivity index (χ1n) is 3.34. The van der Waals surface area contributed by atoms with E-state index >= 15 is 0 Å². The third-order valence-corrected chi connectivity index (χ3v) is 1.71. The van der Waals surface area contributed by atoms with Gasteiger partial charge >= 0.3 is 5.82 Å². The van der Waals surface area contributed by atoms with Crippen molar-refractivity contribution in [2.24, 2.45) is 7.05 Å². The molecule has 1 aromatic heterocycles. The number of aromatic carboxylic acids is 1. The Kier molecular flexibility index (Phi) is 2.01. The number of nitrogens with zero attached hydrogens (tertiary/aromatic N) is 3. The van der Waals surface area contributed by atoms with E-state index in [4.69, 9.17) is 0 Å². The van der Waals surface area contributed by atoms with E-state index in [2.05, 4.69) is 4.98 Å². The summed E-state index contributed by atoms with van der Waals surface area (Å²) in [5, 5.41) is 20.7. The molecule has 0 aliphatic heterocycles. The van der Waals surface area contributed by atoms with Gasteiger partial charge < -0.3 is 24.6 Å². The van der Waals surface area contributed by atoms with Crippen LogP contribution in [-0.2, 0) is 7.05 Å². The van der Waals surface area contributed by atoms with Gasteiger partial charge in [-0.1, -0.05) is 0 Å². The molecule has 1 heterocycles. The molecule has 1 rings (SSSR count). The zero-order chi connectivity index (χ0) is 10.2. The smallest absolute Gasteiger partial charge is 0.385 e. The van der Waals surface area contributed by atoms with Crippen LogP contribution in [0.15, 0.2) is 0 Å². The first-order chi connectivity index (χ1) is 5.95. The Balaban J connectivity index is 3.36. The van der Waals surface area contributed by atoms with Crippen LogP contribution in [0.5, 0.6) is 0 Å². The van der Waals surface area contributed by atoms with Gasteiger partial charge in [-0.25, -0.2) is 0 Å². The van der Waals surface area contributed by atoms with Gasteiger partial charge in [0.05, 0.1) is 0 Å². The summed E-state index contributed by atoms with van der Waals surface area (Å²) in [6, 6.07) is 0. The second kappa shape index (κ2) is 2.85. The number of carboxylic acids is 1. The van der Waals surface area contributed by atoms with Gasteiger partial charge in [-0.2, -0.15) is 0 Å². The zero-order valence-electron chi connectivity index (χ0n) is 6.97. The number of hydrogen-bond donors (Lipinski definition) is 0. The van der Waals surface area contributed by atoms with Gasteiger partial charge in [0.15, 0.2) is 0 Å². The first-order valence-corrected chi connectivity index (χ1v) is 3.34. The first kappa shape index (κ1) is 9.17. The molecule has 1 aromatic rings. The molecule has 0 spiro atoms. The van der Waals surface area contributed by atoms with Crippen LogP contribution in [0.4, 0.5) is 5.82 Å². The minimum Gasteiger partial charge on any atom is -0.540 e. The molecule has 0 N–H and O–H groups in total. The van der Waals surface area contributed by atoms with Crippen molar-refractivity contribution in [3.63, 3.8) is 0 Å². The third kappa shape index (κ3) is 1.35. The number of aromatic nitrogens is 2. The Morgan fingerprint density at radius 2 is 2.15 bits per heavy atom. The molecule has 0 aliphatic rings. The molecule has 70 valence electrons. The second-order valence-corrected chi connectivity index (χ2v) is 2.45. The van der Waals surface area contributed by atoms with E-state index in [9.17, 15) is 20.0 Å². The molecule has 0 atom stereocenters. The van der Waals surface area contributed by atoms with E-state index in [-0.39, 0.29) is 5.69 Å². The highest BCUT2D eigenvalue weighted by atomic mass is 16.6. The Labute approximate surface area is 72.8 Å². The number of carbonyl (C=O) groups excluding carboxylic acids is 1. The Morgan fingerprint density at radius 3 is 2.38 bits per heavy atom. The lowest BCUT2D eigenvalue weighted by Crippen LogP contribution is -2.26. The summed E-state index contributed by atoms with van der Waals surface area (Å²) in [4.78, 5) is 23.3. The maximum atomic E-state index is 10.4. The summed E-state index contributed by atoms with van der Waals surface area (Å²) in [5.41, 5.74) is 0.184. The molecule has 0 saturated carbocycles. The van der Waals surface area contributed by atoms with Crippen LogP contribution in [0.2, 0.25) is 0 Å². The third-order valence-electron chi connectivity index (χ3n) is 1.71. The number of imidazole rings is 1. The molecule has 0 unspecified atom stereocenters. The molecule has 0 radical (unpaired) electrons. The molecule has 0 amide bonds. The zero-order valence-corrected chi connectivity index (χ0v) is 6.97. The summed E-state index contributed by atoms with van der Waals surface area (Å²) in [6.07, 6.45) is 0.